The van der Waals surface area contributed by atoms with Crippen LogP contribution in [0.25, 0.3) is 12.2 Å². The van der Waals surface area contributed by atoms with Gasteiger partial charge in [0.25, 0.3) is 0 Å². The summed E-state index contributed by atoms with van der Waals surface area (Å²) >= 11 is 11.6. The number of halogens is 2. The van der Waals surface area contributed by atoms with Crippen molar-refractivity contribution in [3.63, 3.8) is 0 Å². The molecule has 21 nitrogen and oxygen atoms in total. The Morgan fingerprint density at radius 3 is 1.38 bits per heavy atom. The van der Waals surface area contributed by atoms with E-state index in [2.05, 4.69) is 25.3 Å². The van der Waals surface area contributed by atoms with Crippen molar-refractivity contribution < 1.29 is 43.2 Å². The monoisotopic (exact) mass is 1160 g/mol. The molecule has 432 valence electrons. The summed E-state index contributed by atoms with van der Waals surface area (Å²) in [4.78, 5) is 55.5. The maximum Gasteiger partial charge on any atom is 0.407 e. The third kappa shape index (κ3) is 24.6. The van der Waals surface area contributed by atoms with Crippen molar-refractivity contribution in [2.24, 2.45) is 5.73 Å². The normalized spacial score (nSPS) is 11.2. The van der Waals surface area contributed by atoms with Gasteiger partial charge in [0, 0.05) is 57.2 Å². The summed E-state index contributed by atoms with van der Waals surface area (Å²) < 4.78 is 26.8. The van der Waals surface area contributed by atoms with E-state index in [4.69, 9.17) is 74.5 Å². The summed E-state index contributed by atoms with van der Waals surface area (Å²) in [5.74, 6) is -0.526. The number of esters is 2. The topological polar surface area (TPSA) is 313 Å². The van der Waals surface area contributed by atoms with Crippen molar-refractivity contribution in [2.75, 3.05) is 61.7 Å². The molecule has 0 spiro atoms. The Bertz CT molecular complexity index is 3150. The number of nitriles is 2. The number of rotatable bonds is 20. The van der Waals surface area contributed by atoms with Crippen molar-refractivity contribution in [1.29, 1.82) is 10.5 Å². The number of carbonyl (C=O) groups excluding carboxylic acids is 3. The lowest BCUT2D eigenvalue weighted by Gasteiger charge is -2.20. The number of aliphatic hydroxyl groups is 1. The zero-order valence-electron chi connectivity index (χ0n) is 47.0. The van der Waals surface area contributed by atoms with Crippen LogP contribution < -0.4 is 41.8 Å². The molecule has 4 aromatic carbocycles. The first-order valence-electron chi connectivity index (χ1n) is 25.4. The highest BCUT2D eigenvalue weighted by atomic mass is 35.5. The molecule has 0 saturated carbocycles. The fraction of sp³-hybridized carbons (Fsp3) is 0.305. The van der Waals surface area contributed by atoms with Crippen LogP contribution in [0, 0.1) is 22.7 Å². The second-order valence-corrected chi connectivity index (χ2v) is 20.5. The van der Waals surface area contributed by atoms with Gasteiger partial charge in [-0.2, -0.15) is 20.5 Å². The second kappa shape index (κ2) is 32.3. The molecule has 82 heavy (non-hydrogen) atoms. The molecule has 2 heterocycles. The number of nitrogens with one attached hydrogen (secondary N) is 1. The third-order valence-corrected chi connectivity index (χ3v) is 11.1. The van der Waals surface area contributed by atoms with E-state index in [-0.39, 0.29) is 59.0 Å². The number of carbonyl (C=O) groups is 3. The number of likely N-dealkylation sites (N-methyl/N-ethyl adjacent to an activating group) is 2. The molecule has 0 aliphatic heterocycles. The minimum Gasteiger partial charge on any atom is -0.473 e. The van der Waals surface area contributed by atoms with Gasteiger partial charge in [-0.05, 0) is 111 Å². The molecule has 2 aromatic heterocycles. The van der Waals surface area contributed by atoms with E-state index in [9.17, 15) is 19.6 Å². The molecule has 1 amide bonds. The maximum absolute atomic E-state index is 12.2. The number of anilines is 4. The Morgan fingerprint density at radius 1 is 0.622 bits per heavy atom. The molecule has 0 radical (unpaired) electrons. The molecule has 8 N–H and O–H groups in total. The molecule has 6 aromatic rings. The highest BCUT2D eigenvalue weighted by Gasteiger charge is 2.21. The first-order chi connectivity index (χ1) is 38.8. The van der Waals surface area contributed by atoms with Crippen molar-refractivity contribution in [3.8, 4) is 23.9 Å². The summed E-state index contributed by atoms with van der Waals surface area (Å²) in [6.07, 6.45) is 2.46. The molecular weight excluding hydrogens is 1090 g/mol. The Kier molecular flexibility index (Phi) is 25.8. The highest BCUT2D eigenvalue weighted by molar-refractivity contribution is 6.29. The number of amides is 1. The van der Waals surface area contributed by atoms with Crippen LogP contribution in [0.5, 0.6) is 11.8 Å². The Morgan fingerprint density at radius 2 is 1.01 bits per heavy atom. The summed E-state index contributed by atoms with van der Waals surface area (Å²) in [6, 6.07) is 36.7. The van der Waals surface area contributed by atoms with E-state index < -0.39 is 29.2 Å². The largest absolute Gasteiger partial charge is 0.473 e. The van der Waals surface area contributed by atoms with Crippen LogP contribution in [0.1, 0.15) is 74.9 Å². The molecule has 0 bridgehead atoms. The third-order valence-electron chi connectivity index (χ3n) is 10.7. The molecule has 0 aliphatic carbocycles. The molecule has 0 aliphatic rings. The SMILES string of the molecule is CN(CCO)c1ccc(/C=C(\C#N)C(=O)OC(C)(C)C)cc1.CN(CCOC(=O)NCc1ccc(COc2cc(Cl)nc(N)n2)cc1)c1ccc(/C=C(\C#N)C(=O)OC(C)(C)C)cc1.NCc1ccc(COc2cc(Cl)nc(N)n2)cc1. The van der Waals surface area contributed by atoms with Crippen LogP contribution in [-0.4, -0.2) is 94.7 Å². The lowest BCUT2D eigenvalue weighted by Crippen LogP contribution is -2.28. The van der Waals surface area contributed by atoms with Crippen LogP contribution >= 0.6 is 23.2 Å². The zero-order valence-corrected chi connectivity index (χ0v) is 48.5. The van der Waals surface area contributed by atoms with E-state index in [1.165, 1.54) is 24.3 Å². The number of alkyl carbamates (subject to hydrolysis) is 1. The first kappa shape index (κ1) is 65.5. The van der Waals surface area contributed by atoms with Crippen LogP contribution in [-0.2, 0) is 50.1 Å². The highest BCUT2D eigenvalue weighted by Crippen LogP contribution is 2.21. The van der Waals surface area contributed by atoms with Crippen molar-refractivity contribution in [1.82, 2.24) is 25.3 Å². The van der Waals surface area contributed by atoms with Gasteiger partial charge in [0.2, 0.25) is 23.7 Å². The number of benzene rings is 4. The summed E-state index contributed by atoms with van der Waals surface area (Å²) in [5.41, 5.74) is 22.2. The fourth-order valence-electron chi connectivity index (χ4n) is 6.65. The Labute approximate surface area is 487 Å². The van der Waals surface area contributed by atoms with Crippen LogP contribution in [0.3, 0.4) is 0 Å². The van der Waals surface area contributed by atoms with Gasteiger partial charge in [-0.1, -0.05) is 96.0 Å². The molecule has 23 heteroatoms. The van der Waals surface area contributed by atoms with Gasteiger partial charge >= 0.3 is 18.0 Å². The van der Waals surface area contributed by atoms with Crippen molar-refractivity contribution in [3.05, 3.63) is 164 Å². The van der Waals surface area contributed by atoms with Gasteiger partial charge in [0.15, 0.2) is 0 Å². The van der Waals surface area contributed by atoms with Crippen molar-refractivity contribution >= 4 is 76.7 Å². The van der Waals surface area contributed by atoms with Crippen molar-refractivity contribution in [2.45, 2.75) is 79.0 Å². The number of ether oxygens (including phenoxy) is 5. The number of nitrogen functional groups attached to an aromatic ring is 2. The Balaban J connectivity index is 0.000000300. The average molecular weight is 1160 g/mol. The Hall–Kier alpha value is -8.99. The maximum atomic E-state index is 12.2. The number of nitrogens with zero attached hydrogens (tertiary/aromatic N) is 8. The summed E-state index contributed by atoms with van der Waals surface area (Å²) in [6.45, 7) is 13.2. The van der Waals surface area contributed by atoms with Gasteiger partial charge in [-0.25, -0.2) is 24.4 Å². The summed E-state index contributed by atoms with van der Waals surface area (Å²) in [7, 11) is 3.75. The van der Waals surface area contributed by atoms with E-state index in [1.807, 2.05) is 121 Å². The quantitative estimate of drug-likeness (QED) is 0.0156. The lowest BCUT2D eigenvalue weighted by atomic mass is 10.1. The van der Waals surface area contributed by atoms with E-state index in [0.717, 1.165) is 39.2 Å². The van der Waals surface area contributed by atoms with E-state index in [1.54, 1.807) is 53.7 Å². The van der Waals surface area contributed by atoms with Crippen LogP contribution in [0.15, 0.2) is 120 Å². The molecule has 0 fully saturated rings. The number of aliphatic hydroxyl groups excluding tert-OH is 1. The van der Waals surface area contributed by atoms with Gasteiger partial charge < -0.3 is 61.1 Å². The van der Waals surface area contributed by atoms with Gasteiger partial charge in [0.05, 0.1) is 13.2 Å². The van der Waals surface area contributed by atoms with E-state index >= 15 is 0 Å². The number of hydrogen-bond acceptors (Lipinski definition) is 20. The standard InChI is InChI=1S/C30H33ClN6O5.C17H22N2O3.C12H13ClN4O/c1-30(2,3)42-27(38)23(17-32)15-20-9-11-24(12-10-20)37(4)13-14-40-29(39)34-18-21-5-7-22(8-6-21)19-41-26-16-25(31)35-28(33)36-26;1-17(2,3)22-16(21)14(12-18)11-13-5-7-15(8-6-13)19(4)9-10-20;13-10-5-11(17-12(15)16-10)18-7-9-3-1-8(6-14)2-4-9/h5-12,15-16H,13-14,18-19H2,1-4H3,(H,34,39)(H2,33,35,36);5-8,11,20H,9-10H2,1-4H3;1-5H,6-7,14H2,(H2,15,16,17)/b23-15+;14-11+;. The number of aromatic nitrogens is 4. The van der Waals surface area contributed by atoms with Crippen LogP contribution in [0.2, 0.25) is 10.3 Å². The zero-order chi connectivity index (χ0) is 60.4. The average Bonchev–Trinajstić information content (AvgIpc) is 3.45. The molecular formula is C59H68Cl2N12O9. The molecule has 0 unspecified atom stereocenters. The molecule has 6 rings (SSSR count). The fourth-order valence-corrected chi connectivity index (χ4v) is 7.01. The second-order valence-electron chi connectivity index (χ2n) is 19.8. The minimum absolute atomic E-state index is 0.0356. The smallest absolute Gasteiger partial charge is 0.407 e. The predicted molar refractivity (Wildman–Crippen MR) is 316 cm³/mol. The van der Waals surface area contributed by atoms with Crippen LogP contribution in [0.4, 0.5) is 28.1 Å². The predicted octanol–water partition coefficient (Wildman–Crippen LogP) is 9.02. The minimum atomic E-state index is -0.688. The van der Waals surface area contributed by atoms with Gasteiger partial charge in [-0.3, -0.25) is 0 Å². The number of nitrogens with two attached hydrogens (primary N) is 3. The lowest BCUT2D eigenvalue weighted by molar-refractivity contribution is -0.150. The van der Waals surface area contributed by atoms with Gasteiger partial charge in [0.1, 0.15) is 64.6 Å². The van der Waals surface area contributed by atoms with E-state index in [0.29, 0.717) is 44.2 Å². The molecule has 0 saturated heterocycles. The van der Waals surface area contributed by atoms with Gasteiger partial charge in [-0.15, -0.1) is 0 Å². The number of hydrogen-bond donors (Lipinski definition) is 5. The summed E-state index contributed by atoms with van der Waals surface area (Å²) in [5, 5.41) is 30.6. The first-order valence-corrected chi connectivity index (χ1v) is 26.2. The molecule has 0 atom stereocenters.